The molecule has 16 heavy (non-hydrogen) atoms. The van der Waals surface area contributed by atoms with Gasteiger partial charge < -0.3 is 15.3 Å². The Kier molecular flexibility index (Phi) is 5.77. The van der Waals surface area contributed by atoms with Crippen LogP contribution < -0.4 is 5.32 Å². The first kappa shape index (κ1) is 13.5. The number of likely N-dealkylation sites (N-methyl/N-ethyl adjacent to an activating group) is 2. The van der Waals surface area contributed by atoms with Crippen LogP contribution in [0.4, 0.5) is 0 Å². The van der Waals surface area contributed by atoms with Crippen LogP contribution in [0, 0.1) is 0 Å². The van der Waals surface area contributed by atoms with E-state index in [4.69, 9.17) is 5.11 Å². The van der Waals surface area contributed by atoms with Gasteiger partial charge in [0.2, 0.25) is 0 Å². The molecule has 0 aromatic carbocycles. The van der Waals surface area contributed by atoms with E-state index in [0.717, 1.165) is 0 Å². The molecule has 0 heterocycles. The third-order valence-corrected chi connectivity index (χ3v) is 3.57. The normalized spacial score (nSPS) is 20.7. The van der Waals surface area contributed by atoms with Gasteiger partial charge in [0.05, 0.1) is 0 Å². The van der Waals surface area contributed by atoms with Gasteiger partial charge in [-0.25, -0.2) is 0 Å². The fourth-order valence-electron chi connectivity index (χ4n) is 2.43. The summed E-state index contributed by atoms with van der Waals surface area (Å²) in [4.78, 5) is 13.1. The standard InChI is InChI=1S/C12H24N2O2/c1-13-11(12(15)16)9-14(2)10-7-5-3-4-6-8-10/h10-11,13H,3-9H2,1-2H3,(H,15,16). The first-order valence-corrected chi connectivity index (χ1v) is 6.25. The van der Waals surface area contributed by atoms with Crippen molar-refractivity contribution in [3.05, 3.63) is 0 Å². The minimum Gasteiger partial charge on any atom is -0.480 e. The van der Waals surface area contributed by atoms with Gasteiger partial charge in [0.15, 0.2) is 0 Å². The summed E-state index contributed by atoms with van der Waals surface area (Å²) < 4.78 is 0. The summed E-state index contributed by atoms with van der Waals surface area (Å²) in [6.45, 7) is 0.594. The van der Waals surface area contributed by atoms with Crippen LogP contribution in [-0.2, 0) is 4.79 Å². The Balaban J connectivity index is 2.42. The first-order valence-electron chi connectivity index (χ1n) is 6.25. The van der Waals surface area contributed by atoms with E-state index in [1.807, 2.05) is 7.05 Å². The van der Waals surface area contributed by atoms with E-state index in [-0.39, 0.29) is 0 Å². The van der Waals surface area contributed by atoms with Crippen LogP contribution in [0.1, 0.15) is 38.5 Å². The zero-order valence-corrected chi connectivity index (χ0v) is 10.4. The molecule has 1 fully saturated rings. The van der Waals surface area contributed by atoms with Crippen LogP contribution in [-0.4, -0.2) is 48.7 Å². The van der Waals surface area contributed by atoms with Crippen molar-refractivity contribution in [3.63, 3.8) is 0 Å². The van der Waals surface area contributed by atoms with Gasteiger partial charge in [0.25, 0.3) is 0 Å². The van der Waals surface area contributed by atoms with Crippen molar-refractivity contribution in [3.8, 4) is 0 Å². The molecule has 0 aromatic heterocycles. The highest BCUT2D eigenvalue weighted by molar-refractivity contribution is 5.73. The molecule has 0 bridgehead atoms. The van der Waals surface area contributed by atoms with E-state index < -0.39 is 12.0 Å². The fraction of sp³-hybridized carbons (Fsp3) is 0.917. The summed E-state index contributed by atoms with van der Waals surface area (Å²) >= 11 is 0. The number of hydrogen-bond acceptors (Lipinski definition) is 3. The molecule has 1 atom stereocenters. The molecule has 4 nitrogen and oxygen atoms in total. The lowest BCUT2D eigenvalue weighted by Gasteiger charge is -2.29. The summed E-state index contributed by atoms with van der Waals surface area (Å²) in [6.07, 6.45) is 7.66. The maximum atomic E-state index is 10.9. The van der Waals surface area contributed by atoms with Crippen molar-refractivity contribution in [2.24, 2.45) is 0 Å². The van der Waals surface area contributed by atoms with Crippen molar-refractivity contribution in [1.82, 2.24) is 10.2 Å². The van der Waals surface area contributed by atoms with Gasteiger partial charge in [-0.15, -0.1) is 0 Å². The van der Waals surface area contributed by atoms with Crippen molar-refractivity contribution in [2.45, 2.75) is 50.6 Å². The smallest absolute Gasteiger partial charge is 0.322 e. The number of nitrogens with one attached hydrogen (secondary N) is 1. The molecule has 0 spiro atoms. The van der Waals surface area contributed by atoms with Crippen LogP contribution in [0.25, 0.3) is 0 Å². The fourth-order valence-corrected chi connectivity index (χ4v) is 2.43. The topological polar surface area (TPSA) is 52.6 Å². The van der Waals surface area contributed by atoms with Crippen molar-refractivity contribution in [2.75, 3.05) is 20.6 Å². The summed E-state index contributed by atoms with van der Waals surface area (Å²) in [5, 5.41) is 11.8. The van der Waals surface area contributed by atoms with Gasteiger partial charge in [0.1, 0.15) is 6.04 Å². The lowest BCUT2D eigenvalue weighted by Crippen LogP contribution is -2.46. The van der Waals surface area contributed by atoms with Gasteiger partial charge in [-0.05, 0) is 26.9 Å². The van der Waals surface area contributed by atoms with Crippen molar-refractivity contribution >= 4 is 5.97 Å². The molecule has 0 amide bonds. The maximum absolute atomic E-state index is 10.9. The molecular formula is C12H24N2O2. The van der Waals surface area contributed by atoms with Gasteiger partial charge >= 0.3 is 5.97 Å². The highest BCUT2D eigenvalue weighted by atomic mass is 16.4. The molecule has 4 heteroatoms. The molecule has 94 valence electrons. The Bertz CT molecular complexity index is 213. The summed E-state index contributed by atoms with van der Waals surface area (Å²) in [5.74, 6) is -0.761. The molecule has 0 radical (unpaired) electrons. The number of nitrogens with zero attached hydrogens (tertiary/aromatic N) is 1. The Hall–Kier alpha value is -0.610. The zero-order chi connectivity index (χ0) is 12.0. The lowest BCUT2D eigenvalue weighted by atomic mass is 10.1. The molecule has 2 N–H and O–H groups in total. The molecule has 1 aliphatic carbocycles. The summed E-state index contributed by atoms with van der Waals surface area (Å²) in [7, 11) is 3.75. The molecule has 1 aliphatic rings. The molecule has 0 aromatic rings. The van der Waals surface area contributed by atoms with Gasteiger partial charge in [-0.1, -0.05) is 25.7 Å². The predicted molar refractivity (Wildman–Crippen MR) is 64.6 cm³/mol. The minimum atomic E-state index is -0.761. The van der Waals surface area contributed by atoms with E-state index >= 15 is 0 Å². The summed E-state index contributed by atoms with van der Waals surface area (Å²) in [6, 6.07) is 0.117. The molecular weight excluding hydrogens is 204 g/mol. The Morgan fingerprint density at radius 3 is 2.38 bits per heavy atom. The lowest BCUT2D eigenvalue weighted by molar-refractivity contribution is -0.139. The average Bonchev–Trinajstić information content (AvgIpc) is 2.53. The number of hydrogen-bond donors (Lipinski definition) is 2. The highest BCUT2D eigenvalue weighted by Crippen LogP contribution is 2.20. The number of carboxylic acid groups (broad SMARTS) is 1. The monoisotopic (exact) mass is 228 g/mol. The largest absolute Gasteiger partial charge is 0.480 e. The molecule has 0 saturated heterocycles. The third-order valence-electron chi connectivity index (χ3n) is 3.57. The Morgan fingerprint density at radius 1 is 1.38 bits per heavy atom. The van der Waals surface area contributed by atoms with Crippen molar-refractivity contribution in [1.29, 1.82) is 0 Å². The first-order chi connectivity index (χ1) is 7.65. The van der Waals surface area contributed by atoms with E-state index in [9.17, 15) is 4.79 Å². The average molecular weight is 228 g/mol. The van der Waals surface area contributed by atoms with Gasteiger partial charge in [0, 0.05) is 12.6 Å². The van der Waals surface area contributed by atoms with Gasteiger partial charge in [-0.2, -0.15) is 0 Å². The summed E-state index contributed by atoms with van der Waals surface area (Å²) in [5.41, 5.74) is 0. The highest BCUT2D eigenvalue weighted by Gasteiger charge is 2.22. The Labute approximate surface area is 98.0 Å². The minimum absolute atomic E-state index is 0.451. The number of rotatable bonds is 5. The van der Waals surface area contributed by atoms with Crippen LogP contribution in [0.3, 0.4) is 0 Å². The zero-order valence-electron chi connectivity index (χ0n) is 10.4. The molecule has 0 aliphatic heterocycles. The van der Waals surface area contributed by atoms with Crippen LogP contribution in [0.2, 0.25) is 0 Å². The van der Waals surface area contributed by atoms with E-state index in [1.165, 1.54) is 38.5 Å². The number of carboxylic acids is 1. The number of carbonyl (C=O) groups is 1. The molecule has 1 rings (SSSR count). The second-order valence-electron chi connectivity index (χ2n) is 4.76. The van der Waals surface area contributed by atoms with Crippen LogP contribution in [0.5, 0.6) is 0 Å². The van der Waals surface area contributed by atoms with Crippen LogP contribution >= 0.6 is 0 Å². The SMILES string of the molecule is CNC(CN(C)C1CCCCCC1)C(=O)O. The second-order valence-corrected chi connectivity index (χ2v) is 4.76. The van der Waals surface area contributed by atoms with Crippen LogP contribution in [0.15, 0.2) is 0 Å². The van der Waals surface area contributed by atoms with E-state index in [2.05, 4.69) is 10.2 Å². The molecule has 1 unspecified atom stereocenters. The second kappa shape index (κ2) is 6.86. The van der Waals surface area contributed by atoms with Gasteiger partial charge in [-0.3, -0.25) is 4.79 Å². The maximum Gasteiger partial charge on any atom is 0.322 e. The molecule has 1 saturated carbocycles. The number of aliphatic carboxylic acids is 1. The van der Waals surface area contributed by atoms with E-state index in [0.29, 0.717) is 12.6 Å². The third kappa shape index (κ3) is 4.10. The quantitative estimate of drug-likeness (QED) is 0.697. The van der Waals surface area contributed by atoms with Crippen molar-refractivity contribution < 1.29 is 9.90 Å². The van der Waals surface area contributed by atoms with E-state index in [1.54, 1.807) is 7.05 Å². The Morgan fingerprint density at radius 2 is 1.94 bits per heavy atom. The predicted octanol–water partition coefficient (Wildman–Crippen LogP) is 1.31.